The van der Waals surface area contributed by atoms with Gasteiger partial charge < -0.3 is 16.4 Å². The number of thioether (sulfide) groups is 1. The molecule has 18 heavy (non-hydrogen) atoms. The highest BCUT2D eigenvalue weighted by atomic mass is 32.2. The van der Waals surface area contributed by atoms with Crippen molar-refractivity contribution in [3.05, 3.63) is 11.8 Å². The lowest BCUT2D eigenvalue weighted by molar-refractivity contribution is -0.124. The van der Waals surface area contributed by atoms with Crippen molar-refractivity contribution in [2.75, 3.05) is 18.6 Å². The van der Waals surface area contributed by atoms with Crippen molar-refractivity contribution >= 4 is 17.7 Å². The molecule has 0 aromatic heterocycles. The van der Waals surface area contributed by atoms with Gasteiger partial charge >= 0.3 is 0 Å². The van der Waals surface area contributed by atoms with Crippen LogP contribution in [0.15, 0.2) is 11.8 Å². The summed E-state index contributed by atoms with van der Waals surface area (Å²) in [5, 5.41) is 6.48. The molecule has 0 aliphatic carbocycles. The number of allylic oxidation sites excluding steroid dienone is 1. The summed E-state index contributed by atoms with van der Waals surface area (Å²) >= 11 is 1.81. The molecule has 1 rings (SSSR count). The number of hydrogen-bond acceptors (Lipinski definition) is 4. The molecular weight excluding hydrogens is 246 g/mol. The van der Waals surface area contributed by atoms with Crippen molar-refractivity contribution in [1.29, 1.82) is 0 Å². The van der Waals surface area contributed by atoms with Gasteiger partial charge in [0.25, 0.3) is 0 Å². The number of unbranched alkanes of at least 4 members (excludes halogenated alkanes) is 1. The van der Waals surface area contributed by atoms with Gasteiger partial charge in [0, 0.05) is 5.70 Å². The summed E-state index contributed by atoms with van der Waals surface area (Å²) < 4.78 is 0. The predicted molar refractivity (Wildman–Crippen MR) is 78.5 cm³/mol. The average molecular weight is 271 g/mol. The van der Waals surface area contributed by atoms with Gasteiger partial charge in [-0.3, -0.25) is 4.79 Å². The third-order valence-corrected chi connectivity index (χ3v) is 3.86. The lowest BCUT2D eigenvalue weighted by Gasteiger charge is -2.33. The van der Waals surface area contributed by atoms with Crippen LogP contribution in [-0.2, 0) is 4.79 Å². The average Bonchev–Trinajstić information content (AvgIpc) is 2.38. The molecule has 1 aliphatic heterocycles. The highest BCUT2D eigenvalue weighted by Gasteiger charge is 2.29. The molecule has 1 amide bonds. The van der Waals surface area contributed by atoms with Crippen LogP contribution in [0, 0.1) is 0 Å². The highest BCUT2D eigenvalue weighted by Crippen LogP contribution is 2.15. The van der Waals surface area contributed by atoms with Crippen LogP contribution in [-0.4, -0.2) is 36.5 Å². The fourth-order valence-corrected chi connectivity index (χ4v) is 2.63. The molecule has 4 N–H and O–H groups in total. The van der Waals surface area contributed by atoms with Crippen molar-refractivity contribution in [1.82, 2.24) is 10.6 Å². The van der Waals surface area contributed by atoms with Gasteiger partial charge in [-0.15, -0.1) is 0 Å². The van der Waals surface area contributed by atoms with Gasteiger partial charge in [0.2, 0.25) is 5.91 Å². The Balaban J connectivity index is 2.50. The van der Waals surface area contributed by atoms with E-state index < -0.39 is 0 Å². The predicted octanol–water partition coefficient (Wildman–Crippen LogP) is 1.23. The Kier molecular flexibility index (Phi) is 7.20. The molecule has 0 aromatic carbocycles. The molecule has 1 aliphatic rings. The van der Waals surface area contributed by atoms with E-state index in [1.165, 1.54) is 0 Å². The van der Waals surface area contributed by atoms with Gasteiger partial charge in [-0.1, -0.05) is 6.08 Å². The van der Waals surface area contributed by atoms with E-state index in [1.54, 1.807) is 11.8 Å². The Hall–Kier alpha value is -0.680. The summed E-state index contributed by atoms with van der Waals surface area (Å²) in [6.07, 6.45) is 7.97. The summed E-state index contributed by atoms with van der Waals surface area (Å²) in [6, 6.07) is 0.0639. The summed E-state index contributed by atoms with van der Waals surface area (Å²) in [5.41, 5.74) is 6.63. The van der Waals surface area contributed by atoms with E-state index in [2.05, 4.69) is 23.0 Å². The van der Waals surface area contributed by atoms with Gasteiger partial charge in [-0.05, 0) is 51.2 Å². The summed E-state index contributed by atoms with van der Waals surface area (Å²) in [4.78, 5) is 12.0. The molecule has 2 atom stereocenters. The van der Waals surface area contributed by atoms with Gasteiger partial charge in [0.05, 0.1) is 6.04 Å². The number of nitrogens with one attached hydrogen (secondary N) is 2. The van der Waals surface area contributed by atoms with E-state index in [0.29, 0.717) is 6.54 Å². The van der Waals surface area contributed by atoms with E-state index in [1.807, 2.05) is 6.92 Å². The minimum absolute atomic E-state index is 0.0896. The SMILES string of the molecule is C/C=C1\NC(CCCCN)C(=O)NC1CCSC. The Labute approximate surface area is 114 Å². The molecule has 1 saturated heterocycles. The quantitative estimate of drug-likeness (QED) is 0.609. The Morgan fingerprint density at radius 2 is 2.06 bits per heavy atom. The second kappa shape index (κ2) is 8.43. The van der Waals surface area contributed by atoms with Crippen LogP contribution < -0.4 is 16.4 Å². The third kappa shape index (κ3) is 4.53. The third-order valence-electron chi connectivity index (χ3n) is 3.22. The number of nitrogens with two attached hydrogens (primary N) is 1. The van der Waals surface area contributed by atoms with Crippen LogP contribution in [0.5, 0.6) is 0 Å². The van der Waals surface area contributed by atoms with Crippen LogP contribution in [0.4, 0.5) is 0 Å². The first-order chi connectivity index (χ1) is 8.72. The van der Waals surface area contributed by atoms with Crippen LogP contribution in [0.25, 0.3) is 0 Å². The van der Waals surface area contributed by atoms with Crippen LogP contribution in [0.1, 0.15) is 32.6 Å². The minimum Gasteiger partial charge on any atom is -0.376 e. The molecule has 0 bridgehead atoms. The van der Waals surface area contributed by atoms with Crippen LogP contribution >= 0.6 is 11.8 Å². The Bertz CT molecular complexity index is 294. The molecule has 0 spiro atoms. The highest BCUT2D eigenvalue weighted by molar-refractivity contribution is 7.98. The fraction of sp³-hybridized carbons (Fsp3) is 0.769. The first-order valence-corrected chi connectivity index (χ1v) is 8.04. The second-order valence-electron chi connectivity index (χ2n) is 4.57. The number of piperazine rings is 1. The van der Waals surface area contributed by atoms with Crippen molar-refractivity contribution < 1.29 is 4.79 Å². The molecular formula is C13H25N3OS. The molecule has 0 radical (unpaired) electrons. The molecule has 2 unspecified atom stereocenters. The molecule has 4 nitrogen and oxygen atoms in total. The second-order valence-corrected chi connectivity index (χ2v) is 5.55. The summed E-state index contributed by atoms with van der Waals surface area (Å²) in [5.74, 6) is 1.19. The van der Waals surface area contributed by atoms with Crippen molar-refractivity contribution in [2.24, 2.45) is 5.73 Å². The zero-order valence-corrected chi connectivity index (χ0v) is 12.2. The number of rotatable bonds is 7. The zero-order chi connectivity index (χ0) is 13.4. The zero-order valence-electron chi connectivity index (χ0n) is 11.4. The fourth-order valence-electron chi connectivity index (χ4n) is 2.16. The molecule has 104 valence electrons. The van der Waals surface area contributed by atoms with Gasteiger partial charge in [-0.2, -0.15) is 11.8 Å². The largest absolute Gasteiger partial charge is 0.376 e. The molecule has 0 saturated carbocycles. The van der Waals surface area contributed by atoms with Crippen LogP contribution in [0.3, 0.4) is 0 Å². The first-order valence-electron chi connectivity index (χ1n) is 6.65. The topological polar surface area (TPSA) is 67.1 Å². The number of carbonyl (C=O) groups excluding carboxylic acids is 1. The summed E-state index contributed by atoms with van der Waals surface area (Å²) in [7, 11) is 0. The van der Waals surface area contributed by atoms with E-state index >= 15 is 0 Å². The molecule has 1 heterocycles. The van der Waals surface area contributed by atoms with E-state index in [9.17, 15) is 4.79 Å². The van der Waals surface area contributed by atoms with Gasteiger partial charge in [0.1, 0.15) is 6.04 Å². The normalized spacial score (nSPS) is 25.9. The van der Waals surface area contributed by atoms with E-state index in [4.69, 9.17) is 5.73 Å². The number of carbonyl (C=O) groups is 1. The molecule has 1 fully saturated rings. The van der Waals surface area contributed by atoms with Gasteiger partial charge in [-0.25, -0.2) is 0 Å². The number of hydrogen-bond donors (Lipinski definition) is 3. The standard InChI is InChI=1S/C13H25N3OS/c1-3-10-11(7-9-18-2)16-13(17)12(15-10)6-4-5-8-14/h3,11-12,15H,4-9,14H2,1-2H3,(H,16,17)/b10-3-. The lowest BCUT2D eigenvalue weighted by atomic mass is 10.0. The maximum Gasteiger partial charge on any atom is 0.243 e. The van der Waals surface area contributed by atoms with Crippen LogP contribution in [0.2, 0.25) is 0 Å². The monoisotopic (exact) mass is 271 g/mol. The Morgan fingerprint density at radius 3 is 2.67 bits per heavy atom. The van der Waals surface area contributed by atoms with E-state index in [-0.39, 0.29) is 18.0 Å². The van der Waals surface area contributed by atoms with Crippen molar-refractivity contribution in [3.63, 3.8) is 0 Å². The maximum absolute atomic E-state index is 12.0. The molecule has 5 heteroatoms. The Morgan fingerprint density at radius 1 is 1.28 bits per heavy atom. The van der Waals surface area contributed by atoms with Gasteiger partial charge in [0.15, 0.2) is 0 Å². The number of amides is 1. The van der Waals surface area contributed by atoms with Crippen molar-refractivity contribution in [3.8, 4) is 0 Å². The summed E-state index contributed by atoms with van der Waals surface area (Å²) in [6.45, 7) is 2.71. The maximum atomic E-state index is 12.0. The van der Waals surface area contributed by atoms with Crippen molar-refractivity contribution in [2.45, 2.75) is 44.7 Å². The lowest BCUT2D eigenvalue weighted by Crippen LogP contribution is -2.56. The first kappa shape index (κ1) is 15.4. The molecule has 0 aromatic rings. The minimum atomic E-state index is -0.0896. The van der Waals surface area contributed by atoms with E-state index in [0.717, 1.165) is 37.1 Å². The smallest absolute Gasteiger partial charge is 0.243 e.